The zero-order chi connectivity index (χ0) is 18.4. The van der Waals surface area contributed by atoms with Crippen molar-refractivity contribution in [2.45, 2.75) is 74.6 Å². The number of benzene rings is 1. The molecule has 25 heavy (non-hydrogen) atoms. The van der Waals surface area contributed by atoms with E-state index in [1.165, 1.54) is 0 Å². The Labute approximate surface area is 161 Å². The first-order valence-electron chi connectivity index (χ1n) is 9.27. The van der Waals surface area contributed by atoms with Crippen LogP contribution in [0.4, 0.5) is 0 Å². The topological polar surface area (TPSA) is 29.5 Å². The fourth-order valence-electron chi connectivity index (χ4n) is 3.75. The average Bonchev–Trinajstić information content (AvgIpc) is 2.94. The van der Waals surface area contributed by atoms with Crippen LogP contribution in [-0.2, 0) is 9.22 Å². The van der Waals surface area contributed by atoms with E-state index in [-0.39, 0.29) is 29.0 Å². The highest BCUT2D eigenvalue weighted by molar-refractivity contribution is 9.09. The maximum Gasteiger partial charge on any atom is 0.230 e. The number of nitrogens with zero attached hydrogens (tertiary/aromatic N) is 1. The van der Waals surface area contributed by atoms with Gasteiger partial charge in [-0.3, -0.25) is 4.79 Å². The molecule has 0 saturated carbocycles. The third-order valence-corrected chi connectivity index (χ3v) is 11.8. The number of hydrogen-bond acceptors (Lipinski definition) is 2. The van der Waals surface area contributed by atoms with Crippen molar-refractivity contribution in [3.05, 3.63) is 35.9 Å². The van der Waals surface area contributed by atoms with E-state index in [2.05, 4.69) is 66.8 Å². The van der Waals surface area contributed by atoms with Gasteiger partial charge >= 0.3 is 0 Å². The third-order valence-electron chi connectivity index (χ3n) is 6.23. The predicted molar refractivity (Wildman–Crippen MR) is 109 cm³/mol. The van der Waals surface area contributed by atoms with Crippen LogP contribution in [0.15, 0.2) is 30.3 Å². The number of hydrogen-bond donors (Lipinski definition) is 0. The summed E-state index contributed by atoms with van der Waals surface area (Å²) in [7, 11) is -1.81. The highest BCUT2D eigenvalue weighted by Crippen LogP contribution is 2.43. The van der Waals surface area contributed by atoms with Gasteiger partial charge in [0.25, 0.3) is 0 Å². The Kier molecular flexibility index (Phi) is 5.22. The number of alkyl halides is 1. The van der Waals surface area contributed by atoms with Crippen LogP contribution in [0.3, 0.4) is 0 Å². The molecule has 3 rings (SSSR count). The SMILES string of the molecule is CC(C)(C)[Si](C)(C)O[C@@H]1C[C@@H]2[C@@H](Br)C[C@@H](c3ccccc3)C(=O)N2C1. The van der Waals surface area contributed by atoms with Crippen molar-refractivity contribution in [3.8, 4) is 0 Å². The minimum absolute atomic E-state index is 0.0338. The van der Waals surface area contributed by atoms with Crippen LogP contribution in [0.1, 0.15) is 45.1 Å². The second kappa shape index (κ2) is 6.82. The van der Waals surface area contributed by atoms with Crippen molar-refractivity contribution in [2.24, 2.45) is 0 Å². The van der Waals surface area contributed by atoms with Crippen LogP contribution in [0, 0.1) is 0 Å². The van der Waals surface area contributed by atoms with E-state index in [1.807, 2.05) is 18.2 Å². The second-order valence-corrected chi connectivity index (χ2v) is 14.9. The first-order valence-corrected chi connectivity index (χ1v) is 13.1. The summed E-state index contributed by atoms with van der Waals surface area (Å²) in [6.07, 6.45) is 2.00. The molecule has 1 aromatic rings. The van der Waals surface area contributed by atoms with Gasteiger partial charge in [-0.05, 0) is 36.5 Å². The molecule has 0 unspecified atom stereocenters. The van der Waals surface area contributed by atoms with Gasteiger partial charge in [-0.1, -0.05) is 67.0 Å². The van der Waals surface area contributed by atoms with E-state index in [0.717, 1.165) is 24.9 Å². The largest absolute Gasteiger partial charge is 0.412 e. The van der Waals surface area contributed by atoms with Crippen LogP contribution in [0.5, 0.6) is 0 Å². The number of piperidine rings is 1. The Hall–Kier alpha value is -0.653. The molecule has 4 atom stereocenters. The molecule has 3 nitrogen and oxygen atoms in total. The number of fused-ring (bicyclic) bond motifs is 1. The third kappa shape index (κ3) is 3.74. The lowest BCUT2D eigenvalue weighted by molar-refractivity contribution is -0.136. The molecular formula is C20H30BrNO2Si. The number of amides is 1. The van der Waals surface area contributed by atoms with E-state index in [1.54, 1.807) is 0 Å². The van der Waals surface area contributed by atoms with Gasteiger partial charge in [-0.25, -0.2) is 0 Å². The zero-order valence-corrected chi connectivity index (χ0v) is 18.5. The second-order valence-electron chi connectivity index (χ2n) is 9.01. The summed E-state index contributed by atoms with van der Waals surface area (Å²) < 4.78 is 6.62. The molecule has 0 aliphatic carbocycles. The first kappa shape index (κ1) is 19.1. The summed E-state index contributed by atoms with van der Waals surface area (Å²) in [6, 6.07) is 10.5. The molecule has 2 aliphatic rings. The smallest absolute Gasteiger partial charge is 0.230 e. The number of carbonyl (C=O) groups excluding carboxylic acids is 1. The number of rotatable bonds is 3. The first-order chi connectivity index (χ1) is 11.6. The lowest BCUT2D eigenvalue weighted by Crippen LogP contribution is -2.49. The maximum atomic E-state index is 13.1. The van der Waals surface area contributed by atoms with E-state index >= 15 is 0 Å². The van der Waals surface area contributed by atoms with Gasteiger partial charge in [0.05, 0.1) is 12.0 Å². The summed E-state index contributed by atoms with van der Waals surface area (Å²) in [5.74, 6) is 0.238. The Morgan fingerprint density at radius 2 is 1.80 bits per heavy atom. The lowest BCUT2D eigenvalue weighted by atomic mass is 9.87. The summed E-state index contributed by atoms with van der Waals surface area (Å²) in [6.45, 7) is 12.1. The van der Waals surface area contributed by atoms with Crippen molar-refractivity contribution >= 4 is 30.2 Å². The van der Waals surface area contributed by atoms with Crippen molar-refractivity contribution in [3.63, 3.8) is 0 Å². The molecule has 0 N–H and O–H groups in total. The van der Waals surface area contributed by atoms with Gasteiger partial charge in [-0.15, -0.1) is 0 Å². The molecule has 0 aromatic heterocycles. The normalized spacial score (nSPS) is 30.5. The molecule has 5 heteroatoms. The zero-order valence-electron chi connectivity index (χ0n) is 16.0. The lowest BCUT2D eigenvalue weighted by Gasteiger charge is -2.38. The number of carbonyl (C=O) groups is 1. The summed E-state index contributed by atoms with van der Waals surface area (Å²) in [5.41, 5.74) is 1.13. The summed E-state index contributed by atoms with van der Waals surface area (Å²) in [5, 5.41) is 0.195. The van der Waals surface area contributed by atoms with Gasteiger partial charge < -0.3 is 9.33 Å². The predicted octanol–water partition coefficient (Wildman–Crippen LogP) is 4.93. The fraction of sp³-hybridized carbons (Fsp3) is 0.650. The molecule has 0 bridgehead atoms. The highest BCUT2D eigenvalue weighted by atomic mass is 79.9. The van der Waals surface area contributed by atoms with E-state index in [4.69, 9.17) is 4.43 Å². The van der Waals surface area contributed by atoms with Crippen LogP contribution < -0.4 is 0 Å². The molecule has 2 fully saturated rings. The Morgan fingerprint density at radius 1 is 1.16 bits per heavy atom. The van der Waals surface area contributed by atoms with Crippen molar-refractivity contribution in [2.75, 3.05) is 6.54 Å². The number of halogens is 1. The monoisotopic (exact) mass is 423 g/mol. The summed E-state index contributed by atoms with van der Waals surface area (Å²) >= 11 is 3.87. The van der Waals surface area contributed by atoms with Crippen molar-refractivity contribution in [1.82, 2.24) is 4.90 Å². The molecule has 1 amide bonds. The highest BCUT2D eigenvalue weighted by Gasteiger charge is 2.49. The average molecular weight is 424 g/mol. The summed E-state index contributed by atoms with van der Waals surface area (Å²) in [4.78, 5) is 15.5. The van der Waals surface area contributed by atoms with Crippen LogP contribution in [0.2, 0.25) is 18.1 Å². The molecule has 0 spiro atoms. The molecule has 2 aliphatic heterocycles. The molecular weight excluding hydrogens is 394 g/mol. The van der Waals surface area contributed by atoms with Gasteiger partial charge in [0.1, 0.15) is 0 Å². The van der Waals surface area contributed by atoms with Crippen LogP contribution >= 0.6 is 15.9 Å². The minimum Gasteiger partial charge on any atom is -0.412 e. The maximum absolute atomic E-state index is 13.1. The van der Waals surface area contributed by atoms with E-state index in [9.17, 15) is 4.79 Å². The van der Waals surface area contributed by atoms with E-state index < -0.39 is 8.32 Å². The molecule has 2 saturated heterocycles. The fourth-order valence-corrected chi connectivity index (χ4v) is 5.98. The molecule has 0 radical (unpaired) electrons. The van der Waals surface area contributed by atoms with Crippen molar-refractivity contribution < 1.29 is 9.22 Å². The molecule has 138 valence electrons. The van der Waals surface area contributed by atoms with Gasteiger partial charge in [-0.2, -0.15) is 0 Å². The van der Waals surface area contributed by atoms with Gasteiger partial charge in [0, 0.05) is 17.4 Å². The Bertz CT molecular complexity index is 628. The van der Waals surface area contributed by atoms with Gasteiger partial charge in [0.15, 0.2) is 8.32 Å². The Morgan fingerprint density at radius 3 is 2.40 bits per heavy atom. The van der Waals surface area contributed by atoms with Crippen LogP contribution in [0.25, 0.3) is 0 Å². The van der Waals surface area contributed by atoms with Crippen LogP contribution in [-0.4, -0.2) is 42.6 Å². The standard InChI is InChI=1S/C20H30BrNO2Si/c1-20(2,3)25(4,5)24-15-11-18-17(21)12-16(19(23)22(18)13-15)14-9-7-6-8-10-14/h6-10,15-18H,11-13H2,1-5H3/t15-,16+,17+,18-/m1/s1. The molecule has 1 aromatic carbocycles. The minimum atomic E-state index is -1.81. The van der Waals surface area contributed by atoms with Gasteiger partial charge in [0.2, 0.25) is 5.91 Å². The van der Waals surface area contributed by atoms with E-state index in [0.29, 0.717) is 4.83 Å². The molecule has 2 heterocycles. The van der Waals surface area contributed by atoms with Crippen molar-refractivity contribution in [1.29, 1.82) is 0 Å². The quantitative estimate of drug-likeness (QED) is 0.509. The Balaban J connectivity index is 1.75.